The van der Waals surface area contributed by atoms with Gasteiger partial charge in [0, 0.05) is 26.0 Å². The number of H-pyrrole nitrogens is 1. The van der Waals surface area contributed by atoms with Crippen molar-refractivity contribution in [2.75, 3.05) is 6.61 Å². The lowest BCUT2D eigenvalue weighted by Crippen LogP contribution is -2.31. The van der Waals surface area contributed by atoms with E-state index in [0.29, 0.717) is 23.6 Å². The van der Waals surface area contributed by atoms with Gasteiger partial charge in [-0.15, -0.1) is 0 Å². The number of ether oxygens (including phenoxy) is 1. The highest BCUT2D eigenvalue weighted by Gasteiger charge is 2.18. The Hall–Kier alpha value is -4.27. The van der Waals surface area contributed by atoms with E-state index in [1.54, 1.807) is 13.8 Å². The maximum Gasteiger partial charge on any atom is 0.439 e. The molecule has 192 valence electrons. The second-order valence-electron chi connectivity index (χ2n) is 8.51. The highest BCUT2D eigenvalue weighted by Crippen LogP contribution is 2.30. The van der Waals surface area contributed by atoms with Crippen LogP contribution in [0.3, 0.4) is 0 Å². The number of carbonyl (C=O) groups excluding carboxylic acids is 1. The van der Waals surface area contributed by atoms with Crippen molar-refractivity contribution < 1.29 is 16.8 Å². The first kappa shape index (κ1) is 23.1. The summed E-state index contributed by atoms with van der Waals surface area (Å²) in [5.41, 5.74) is 2.44. The number of carbonyl (C=O) groups is 1. The molecule has 1 N–H and O–H groups in total. The first-order valence-corrected chi connectivity index (χ1v) is 12.2. The number of nitrogens with zero attached hydrogens (tertiary/aromatic N) is 3. The van der Waals surface area contributed by atoms with Crippen LogP contribution in [0.25, 0.3) is 22.5 Å². The molecule has 2 aromatic carbocycles. The molecule has 0 spiro atoms. The topological polar surface area (TPSA) is 120 Å². The summed E-state index contributed by atoms with van der Waals surface area (Å²) in [4.78, 5) is 44.6. The summed E-state index contributed by atoms with van der Waals surface area (Å²) in [6.07, 6.45) is -0.400. The molecule has 0 bridgehead atoms. The van der Waals surface area contributed by atoms with Gasteiger partial charge in [0.15, 0.2) is 5.82 Å². The number of nitrogens with one attached hydrogen (secondary N) is 1. The molecule has 0 atom stereocenters. The summed E-state index contributed by atoms with van der Waals surface area (Å²) < 4.78 is 27.7. The molecule has 0 aliphatic carbocycles. The summed E-state index contributed by atoms with van der Waals surface area (Å²) in [7, 11) is 0. The van der Waals surface area contributed by atoms with E-state index in [4.69, 9.17) is 7.48 Å². The lowest BCUT2D eigenvalue weighted by molar-refractivity contribution is -0.142. The van der Waals surface area contributed by atoms with Gasteiger partial charge in [-0.3, -0.25) is 23.7 Å². The predicted molar refractivity (Wildman–Crippen MR) is 139 cm³/mol. The molecule has 0 unspecified atom stereocenters. The Balaban J connectivity index is 1.73. The normalized spacial score (nSPS) is 12.2. The fourth-order valence-electron chi connectivity index (χ4n) is 4.08. The van der Waals surface area contributed by atoms with E-state index in [1.165, 1.54) is 4.57 Å². The van der Waals surface area contributed by atoms with Crippen LogP contribution < -0.4 is 11.3 Å². The highest BCUT2D eigenvalue weighted by molar-refractivity contribution is 5.80. The first-order chi connectivity index (χ1) is 18.7. The Morgan fingerprint density at radius 3 is 2.49 bits per heavy atom. The molecule has 4 aromatic rings. The second kappa shape index (κ2) is 11.6. The Labute approximate surface area is 216 Å². The van der Waals surface area contributed by atoms with Crippen molar-refractivity contribution in [3.63, 3.8) is 0 Å². The number of aryl methyl sites for hydroxylation is 2. The molecule has 0 aliphatic heterocycles. The van der Waals surface area contributed by atoms with E-state index in [0.717, 1.165) is 29.5 Å². The SMILES string of the molecule is [2H]C([2H])(C(=O)OCC)c1c(C)nc(CCCC)n(Cc2ccc(-c3ccccc3-c3noc(=O)[nH]3)cc2)c1=O. The fourth-order valence-corrected chi connectivity index (χ4v) is 4.08. The van der Waals surface area contributed by atoms with Crippen LogP contribution in [-0.2, 0) is 28.9 Å². The van der Waals surface area contributed by atoms with Crippen LogP contribution >= 0.6 is 0 Å². The van der Waals surface area contributed by atoms with Gasteiger partial charge in [-0.25, -0.2) is 9.78 Å². The number of unbranched alkanes of at least 4 members (excludes halogenated alkanes) is 1. The van der Waals surface area contributed by atoms with Gasteiger partial charge < -0.3 is 4.74 Å². The number of benzene rings is 2. The van der Waals surface area contributed by atoms with E-state index in [9.17, 15) is 14.4 Å². The molecule has 2 aromatic heterocycles. The average Bonchev–Trinajstić information content (AvgIpc) is 3.35. The second-order valence-corrected chi connectivity index (χ2v) is 8.51. The van der Waals surface area contributed by atoms with Gasteiger partial charge in [-0.1, -0.05) is 67.0 Å². The number of hydrogen-bond acceptors (Lipinski definition) is 7. The Morgan fingerprint density at radius 1 is 1.11 bits per heavy atom. The van der Waals surface area contributed by atoms with Crippen molar-refractivity contribution >= 4 is 5.97 Å². The van der Waals surface area contributed by atoms with Crippen molar-refractivity contribution in [2.24, 2.45) is 0 Å². The van der Waals surface area contributed by atoms with E-state index in [1.807, 2.05) is 55.5 Å². The van der Waals surface area contributed by atoms with Crippen LogP contribution in [0.4, 0.5) is 0 Å². The molecule has 4 rings (SSSR count). The third kappa shape index (κ3) is 5.94. The highest BCUT2D eigenvalue weighted by atomic mass is 16.5. The van der Waals surface area contributed by atoms with E-state index >= 15 is 0 Å². The van der Waals surface area contributed by atoms with Gasteiger partial charge in [0.25, 0.3) is 5.56 Å². The van der Waals surface area contributed by atoms with Crippen molar-refractivity contribution in [1.29, 1.82) is 0 Å². The van der Waals surface area contributed by atoms with Gasteiger partial charge in [0.1, 0.15) is 5.82 Å². The maximum atomic E-state index is 13.7. The minimum atomic E-state index is -2.63. The van der Waals surface area contributed by atoms with Crippen molar-refractivity contribution in [3.8, 4) is 22.5 Å². The molecule has 37 heavy (non-hydrogen) atoms. The maximum absolute atomic E-state index is 13.7. The zero-order valence-corrected chi connectivity index (χ0v) is 21.0. The van der Waals surface area contributed by atoms with E-state index in [-0.39, 0.29) is 24.4 Å². The van der Waals surface area contributed by atoms with Crippen LogP contribution in [-0.4, -0.2) is 32.3 Å². The van der Waals surface area contributed by atoms with Crippen LogP contribution in [0.5, 0.6) is 0 Å². The van der Waals surface area contributed by atoms with Crippen LogP contribution in [0.15, 0.2) is 62.6 Å². The van der Waals surface area contributed by atoms with Gasteiger partial charge in [-0.2, -0.15) is 0 Å². The number of aromatic nitrogens is 4. The van der Waals surface area contributed by atoms with E-state index < -0.39 is 23.7 Å². The Bertz CT molecular complexity index is 1590. The monoisotopic (exact) mass is 504 g/mol. The smallest absolute Gasteiger partial charge is 0.439 e. The standard InChI is InChI=1S/C28H30N4O5/c1-4-6-11-24-29-18(3)23(16-25(33)36-5-2)27(34)32(24)17-19-12-14-20(15-13-19)21-9-7-8-10-22(21)26-30-28(35)37-31-26/h7-10,12-15H,4-6,11,16-17H2,1-3H3,(H,30,31,35)/i16D2. The lowest BCUT2D eigenvalue weighted by Gasteiger charge is -2.16. The summed E-state index contributed by atoms with van der Waals surface area (Å²) in [6, 6.07) is 15.0. The lowest BCUT2D eigenvalue weighted by atomic mass is 9.98. The molecule has 0 fully saturated rings. The third-order valence-corrected chi connectivity index (χ3v) is 5.91. The fraction of sp³-hybridized carbons (Fsp3) is 0.321. The van der Waals surface area contributed by atoms with Gasteiger partial charge in [-0.05, 0) is 37.0 Å². The van der Waals surface area contributed by atoms with Gasteiger partial charge in [0.2, 0.25) is 0 Å². The van der Waals surface area contributed by atoms with Gasteiger partial charge >= 0.3 is 11.7 Å². The predicted octanol–water partition coefficient (Wildman–Crippen LogP) is 4.06. The van der Waals surface area contributed by atoms with Crippen LogP contribution in [0.2, 0.25) is 0 Å². The molecule has 0 saturated heterocycles. The Morgan fingerprint density at radius 2 is 1.84 bits per heavy atom. The summed E-state index contributed by atoms with van der Waals surface area (Å²) in [5.74, 6) is -0.901. The van der Waals surface area contributed by atoms with Crippen molar-refractivity contribution in [1.82, 2.24) is 19.7 Å². The quantitative estimate of drug-likeness (QED) is 0.323. The molecule has 0 radical (unpaired) electrons. The molecule has 2 heterocycles. The zero-order valence-electron chi connectivity index (χ0n) is 23.0. The summed E-state index contributed by atoms with van der Waals surface area (Å²) in [6.45, 7) is 5.31. The molecule has 0 aliphatic rings. The Kier molecular flexibility index (Phi) is 7.28. The number of aromatic amines is 1. The molecule has 0 amide bonds. The number of rotatable bonds is 10. The minimum Gasteiger partial charge on any atom is -0.466 e. The first-order valence-electron chi connectivity index (χ1n) is 13.2. The van der Waals surface area contributed by atoms with Crippen molar-refractivity contribution in [3.05, 3.63) is 92.1 Å². The molecule has 9 heteroatoms. The molecular weight excluding hydrogens is 472 g/mol. The summed E-state index contributed by atoms with van der Waals surface area (Å²) >= 11 is 0. The average molecular weight is 505 g/mol. The zero-order chi connectivity index (χ0) is 28.2. The van der Waals surface area contributed by atoms with Crippen LogP contribution in [0.1, 0.15) is 52.1 Å². The van der Waals surface area contributed by atoms with Crippen molar-refractivity contribution in [2.45, 2.75) is 53.0 Å². The number of hydrogen-bond donors (Lipinski definition) is 1. The largest absolute Gasteiger partial charge is 0.466 e. The third-order valence-electron chi connectivity index (χ3n) is 5.91. The van der Waals surface area contributed by atoms with Gasteiger partial charge in [0.05, 0.1) is 19.5 Å². The number of esters is 1. The molecular formula is C28H30N4O5. The minimum absolute atomic E-state index is 0.00415. The van der Waals surface area contributed by atoms with E-state index in [2.05, 4.69) is 19.6 Å². The van der Waals surface area contributed by atoms with Crippen LogP contribution in [0, 0.1) is 6.92 Å². The summed E-state index contributed by atoms with van der Waals surface area (Å²) in [5, 5.41) is 3.80. The molecule has 0 saturated carbocycles. The molecule has 9 nitrogen and oxygen atoms in total.